The molecule has 2 rings (SSSR count). The fourth-order valence-corrected chi connectivity index (χ4v) is 1.41. The van der Waals surface area contributed by atoms with Gasteiger partial charge in [0, 0.05) is 6.42 Å². The van der Waals surface area contributed by atoms with E-state index >= 15 is 0 Å². The summed E-state index contributed by atoms with van der Waals surface area (Å²) in [6.45, 7) is 0.538. The summed E-state index contributed by atoms with van der Waals surface area (Å²) in [6, 6.07) is 6.37. The van der Waals surface area contributed by atoms with Crippen LogP contribution in [0.5, 0.6) is 0 Å². The van der Waals surface area contributed by atoms with Gasteiger partial charge >= 0.3 is 0 Å². The van der Waals surface area contributed by atoms with Crippen LogP contribution in [0.1, 0.15) is 17.3 Å². The fraction of sp³-hybridized carbons (Fsp3) is 0.273. The van der Waals surface area contributed by atoms with Gasteiger partial charge in [-0.25, -0.2) is 4.39 Å². The first-order valence-corrected chi connectivity index (χ1v) is 4.98. The third-order valence-electron chi connectivity index (χ3n) is 2.09. The Labute approximate surface area is 105 Å². The molecule has 0 aliphatic heterocycles. The van der Waals surface area contributed by atoms with Crippen molar-refractivity contribution in [2.75, 3.05) is 7.05 Å². The van der Waals surface area contributed by atoms with Gasteiger partial charge in [-0.3, -0.25) is 0 Å². The minimum Gasteiger partial charge on any atom is -0.338 e. The van der Waals surface area contributed by atoms with Gasteiger partial charge in [-0.15, -0.1) is 12.4 Å². The Hall–Kier alpha value is -1.46. The molecular weight excluding hydrogens is 245 g/mol. The Morgan fingerprint density at radius 3 is 2.94 bits per heavy atom. The van der Waals surface area contributed by atoms with Gasteiger partial charge in [-0.1, -0.05) is 17.3 Å². The molecular formula is C11H13ClFN3O. The van der Waals surface area contributed by atoms with Gasteiger partial charge in [0.25, 0.3) is 0 Å². The van der Waals surface area contributed by atoms with Crippen LogP contribution in [-0.4, -0.2) is 17.2 Å². The summed E-state index contributed by atoms with van der Waals surface area (Å²) in [4.78, 5) is 4.16. The van der Waals surface area contributed by atoms with Crippen molar-refractivity contribution in [1.29, 1.82) is 0 Å². The molecule has 1 aromatic heterocycles. The second kappa shape index (κ2) is 6.32. The lowest BCUT2D eigenvalue weighted by atomic mass is 10.1. The second-order valence-electron chi connectivity index (χ2n) is 3.44. The molecule has 17 heavy (non-hydrogen) atoms. The molecule has 0 fully saturated rings. The standard InChI is InChI=1S/C11H12FN3O.ClH/c1-13-7-11-14-10(15-16-11)6-8-3-2-4-9(12)5-8;/h2-5,13H,6-7H2,1H3;1H. The van der Waals surface area contributed by atoms with E-state index in [0.717, 1.165) is 5.56 Å². The molecule has 1 aromatic carbocycles. The van der Waals surface area contributed by atoms with Crippen molar-refractivity contribution >= 4 is 12.4 Å². The lowest BCUT2D eigenvalue weighted by molar-refractivity contribution is 0.367. The van der Waals surface area contributed by atoms with Crippen molar-refractivity contribution in [3.05, 3.63) is 47.4 Å². The number of nitrogens with one attached hydrogen (secondary N) is 1. The molecule has 4 nitrogen and oxygen atoms in total. The van der Waals surface area contributed by atoms with E-state index in [0.29, 0.717) is 24.7 Å². The third kappa shape index (κ3) is 3.80. The molecule has 0 unspecified atom stereocenters. The quantitative estimate of drug-likeness (QED) is 0.910. The molecule has 0 atom stereocenters. The molecule has 6 heteroatoms. The number of hydrogen-bond donors (Lipinski definition) is 1. The molecule has 0 bridgehead atoms. The minimum absolute atomic E-state index is 0. The number of nitrogens with zero attached hydrogens (tertiary/aromatic N) is 2. The number of benzene rings is 1. The number of halogens is 2. The third-order valence-corrected chi connectivity index (χ3v) is 2.09. The van der Waals surface area contributed by atoms with Crippen molar-refractivity contribution in [1.82, 2.24) is 15.5 Å². The van der Waals surface area contributed by atoms with Crippen molar-refractivity contribution in [2.45, 2.75) is 13.0 Å². The number of hydrogen-bond acceptors (Lipinski definition) is 4. The SMILES string of the molecule is CNCc1nc(Cc2cccc(F)c2)no1.Cl. The van der Waals surface area contributed by atoms with Crippen LogP contribution in [0.4, 0.5) is 4.39 Å². The van der Waals surface area contributed by atoms with Gasteiger partial charge in [0.15, 0.2) is 5.82 Å². The van der Waals surface area contributed by atoms with Crippen LogP contribution in [0, 0.1) is 5.82 Å². The monoisotopic (exact) mass is 257 g/mol. The molecule has 0 amide bonds. The van der Waals surface area contributed by atoms with E-state index < -0.39 is 0 Å². The Bertz CT molecular complexity index is 475. The highest BCUT2D eigenvalue weighted by Crippen LogP contribution is 2.08. The Balaban J connectivity index is 0.00000144. The maximum Gasteiger partial charge on any atom is 0.240 e. The largest absolute Gasteiger partial charge is 0.338 e. The van der Waals surface area contributed by atoms with Gasteiger partial charge in [-0.05, 0) is 24.7 Å². The molecule has 2 aromatic rings. The average molecular weight is 258 g/mol. The molecule has 0 radical (unpaired) electrons. The van der Waals surface area contributed by atoms with E-state index in [-0.39, 0.29) is 18.2 Å². The topological polar surface area (TPSA) is 51.0 Å². The van der Waals surface area contributed by atoms with Crippen LogP contribution in [0.15, 0.2) is 28.8 Å². The summed E-state index contributed by atoms with van der Waals surface area (Å²) < 4.78 is 17.9. The van der Waals surface area contributed by atoms with E-state index in [1.54, 1.807) is 13.1 Å². The van der Waals surface area contributed by atoms with E-state index in [1.807, 2.05) is 6.07 Å². The maximum atomic E-state index is 12.9. The first-order valence-electron chi connectivity index (χ1n) is 4.98. The summed E-state index contributed by atoms with van der Waals surface area (Å²) in [5, 5.41) is 6.73. The van der Waals surface area contributed by atoms with Gasteiger partial charge in [0.2, 0.25) is 5.89 Å². The predicted molar refractivity (Wildman–Crippen MR) is 63.5 cm³/mol. The summed E-state index contributed by atoms with van der Waals surface area (Å²) in [5.74, 6) is 0.848. The molecule has 1 heterocycles. The van der Waals surface area contributed by atoms with Gasteiger partial charge in [0.1, 0.15) is 5.82 Å². The summed E-state index contributed by atoms with van der Waals surface area (Å²) in [6.07, 6.45) is 0.477. The van der Waals surface area contributed by atoms with Crippen LogP contribution in [-0.2, 0) is 13.0 Å². The smallest absolute Gasteiger partial charge is 0.240 e. The molecule has 0 saturated heterocycles. The first-order chi connectivity index (χ1) is 7.78. The molecule has 0 aliphatic rings. The molecule has 0 spiro atoms. The highest BCUT2D eigenvalue weighted by molar-refractivity contribution is 5.85. The maximum absolute atomic E-state index is 12.9. The van der Waals surface area contributed by atoms with Gasteiger partial charge in [-0.2, -0.15) is 4.98 Å². The van der Waals surface area contributed by atoms with Crippen LogP contribution in [0.25, 0.3) is 0 Å². The summed E-state index contributed by atoms with van der Waals surface area (Å²) in [5.41, 5.74) is 0.830. The number of aromatic nitrogens is 2. The van der Waals surface area contributed by atoms with E-state index in [2.05, 4.69) is 15.5 Å². The molecule has 92 valence electrons. The summed E-state index contributed by atoms with van der Waals surface area (Å²) in [7, 11) is 1.80. The lowest BCUT2D eigenvalue weighted by Gasteiger charge is -1.95. The van der Waals surface area contributed by atoms with Crippen molar-refractivity contribution < 1.29 is 8.91 Å². The zero-order valence-electron chi connectivity index (χ0n) is 9.31. The Kier molecular flexibility index (Phi) is 5.06. The Morgan fingerprint density at radius 2 is 2.24 bits per heavy atom. The van der Waals surface area contributed by atoms with Crippen LogP contribution in [0.3, 0.4) is 0 Å². The van der Waals surface area contributed by atoms with E-state index in [4.69, 9.17) is 4.52 Å². The first kappa shape index (κ1) is 13.6. The van der Waals surface area contributed by atoms with Crippen LogP contribution >= 0.6 is 12.4 Å². The van der Waals surface area contributed by atoms with Gasteiger partial charge in [0.05, 0.1) is 6.54 Å². The second-order valence-corrected chi connectivity index (χ2v) is 3.44. The lowest BCUT2D eigenvalue weighted by Crippen LogP contribution is -2.05. The average Bonchev–Trinajstić information content (AvgIpc) is 2.66. The summed E-state index contributed by atoms with van der Waals surface area (Å²) >= 11 is 0. The minimum atomic E-state index is -0.253. The Morgan fingerprint density at radius 1 is 1.41 bits per heavy atom. The van der Waals surface area contributed by atoms with Crippen LogP contribution < -0.4 is 5.32 Å². The highest BCUT2D eigenvalue weighted by atomic mass is 35.5. The normalized spacial score (nSPS) is 10.0. The zero-order valence-corrected chi connectivity index (χ0v) is 10.1. The van der Waals surface area contributed by atoms with Crippen molar-refractivity contribution in [3.8, 4) is 0 Å². The zero-order chi connectivity index (χ0) is 11.4. The molecule has 1 N–H and O–H groups in total. The molecule has 0 saturated carbocycles. The van der Waals surface area contributed by atoms with Crippen molar-refractivity contribution in [2.24, 2.45) is 0 Å². The highest BCUT2D eigenvalue weighted by Gasteiger charge is 2.06. The number of rotatable bonds is 4. The van der Waals surface area contributed by atoms with Gasteiger partial charge < -0.3 is 9.84 Å². The predicted octanol–water partition coefficient (Wildman–Crippen LogP) is 1.94. The van der Waals surface area contributed by atoms with Crippen molar-refractivity contribution in [3.63, 3.8) is 0 Å². The van der Waals surface area contributed by atoms with E-state index in [9.17, 15) is 4.39 Å². The van der Waals surface area contributed by atoms with E-state index in [1.165, 1.54) is 12.1 Å². The molecule has 0 aliphatic carbocycles. The van der Waals surface area contributed by atoms with Crippen LogP contribution in [0.2, 0.25) is 0 Å². The fourth-order valence-electron chi connectivity index (χ4n) is 1.41.